The minimum absolute atomic E-state index is 0.708. The third-order valence-corrected chi connectivity index (χ3v) is 4.81. The smallest absolute Gasteiger partial charge is 0.225 e. The highest BCUT2D eigenvalue weighted by atomic mass is 15.2. The van der Waals surface area contributed by atoms with E-state index >= 15 is 0 Å². The van der Waals surface area contributed by atoms with Gasteiger partial charge in [0.1, 0.15) is 5.82 Å². The van der Waals surface area contributed by atoms with Crippen LogP contribution in [0.1, 0.15) is 30.4 Å². The van der Waals surface area contributed by atoms with Gasteiger partial charge in [-0.05, 0) is 43.9 Å². The van der Waals surface area contributed by atoms with Crippen LogP contribution in [0.25, 0.3) is 10.9 Å². The number of hydrogen-bond acceptors (Lipinski definition) is 4. The molecule has 1 N–H and O–H groups in total. The van der Waals surface area contributed by atoms with Gasteiger partial charge >= 0.3 is 0 Å². The van der Waals surface area contributed by atoms with Gasteiger partial charge in [-0.2, -0.15) is 4.98 Å². The highest BCUT2D eigenvalue weighted by molar-refractivity contribution is 5.90. The highest BCUT2D eigenvalue weighted by Crippen LogP contribution is 2.27. The first kappa shape index (κ1) is 15.9. The van der Waals surface area contributed by atoms with Gasteiger partial charge in [0.2, 0.25) is 5.95 Å². The van der Waals surface area contributed by atoms with Crippen LogP contribution in [0.3, 0.4) is 0 Å². The van der Waals surface area contributed by atoms with E-state index in [4.69, 9.17) is 9.97 Å². The second-order valence-corrected chi connectivity index (χ2v) is 6.77. The molecule has 0 amide bonds. The van der Waals surface area contributed by atoms with Crippen molar-refractivity contribution >= 4 is 22.7 Å². The van der Waals surface area contributed by atoms with Crippen molar-refractivity contribution in [3.63, 3.8) is 0 Å². The monoisotopic (exact) mass is 332 g/mol. The van der Waals surface area contributed by atoms with Crippen LogP contribution in [0.5, 0.6) is 0 Å². The average Bonchev–Trinajstić information content (AvgIpc) is 2.67. The number of piperidine rings is 1. The Morgan fingerprint density at radius 3 is 2.48 bits per heavy atom. The number of fused-ring (bicyclic) bond motifs is 1. The molecule has 0 spiro atoms. The van der Waals surface area contributed by atoms with E-state index < -0.39 is 0 Å². The van der Waals surface area contributed by atoms with Crippen LogP contribution in [-0.4, -0.2) is 23.1 Å². The van der Waals surface area contributed by atoms with Gasteiger partial charge in [0.15, 0.2) is 0 Å². The molecule has 4 heteroatoms. The van der Waals surface area contributed by atoms with Crippen LogP contribution >= 0.6 is 0 Å². The SMILES string of the molecule is Cc1ccc(CNc2nc(N3CCCCC3)c3ccccc3n2)cc1. The van der Waals surface area contributed by atoms with Gasteiger partial charge in [-0.3, -0.25) is 0 Å². The van der Waals surface area contributed by atoms with E-state index in [0.29, 0.717) is 5.95 Å². The fourth-order valence-electron chi connectivity index (χ4n) is 3.37. The van der Waals surface area contributed by atoms with E-state index in [1.165, 1.54) is 30.4 Å². The molecule has 0 atom stereocenters. The zero-order chi connectivity index (χ0) is 17.1. The van der Waals surface area contributed by atoms with Gasteiger partial charge < -0.3 is 10.2 Å². The van der Waals surface area contributed by atoms with Gasteiger partial charge in [0.25, 0.3) is 0 Å². The lowest BCUT2D eigenvalue weighted by atomic mass is 10.1. The molecule has 0 unspecified atom stereocenters. The summed E-state index contributed by atoms with van der Waals surface area (Å²) in [6.07, 6.45) is 3.80. The average molecular weight is 332 g/mol. The second-order valence-electron chi connectivity index (χ2n) is 6.77. The normalized spacial score (nSPS) is 14.7. The predicted octanol–water partition coefficient (Wildman–Crippen LogP) is 4.54. The van der Waals surface area contributed by atoms with Crippen LogP contribution in [0.2, 0.25) is 0 Å². The van der Waals surface area contributed by atoms with Gasteiger partial charge in [-0.15, -0.1) is 0 Å². The van der Waals surface area contributed by atoms with Crippen LogP contribution in [-0.2, 0) is 6.54 Å². The first-order chi connectivity index (χ1) is 12.3. The molecule has 0 saturated carbocycles. The number of aromatic nitrogens is 2. The molecule has 0 bridgehead atoms. The molecule has 25 heavy (non-hydrogen) atoms. The lowest BCUT2D eigenvalue weighted by molar-refractivity contribution is 0.574. The van der Waals surface area contributed by atoms with Gasteiger partial charge in [-0.1, -0.05) is 42.0 Å². The van der Waals surface area contributed by atoms with Gasteiger partial charge in [0.05, 0.1) is 5.52 Å². The molecule has 1 fully saturated rings. The summed E-state index contributed by atoms with van der Waals surface area (Å²) in [7, 11) is 0. The van der Waals surface area contributed by atoms with Crippen molar-refractivity contribution in [2.45, 2.75) is 32.7 Å². The minimum Gasteiger partial charge on any atom is -0.356 e. The molecule has 1 aliphatic heterocycles. The summed E-state index contributed by atoms with van der Waals surface area (Å²) in [5.41, 5.74) is 3.52. The van der Waals surface area contributed by atoms with Crippen molar-refractivity contribution in [1.82, 2.24) is 9.97 Å². The summed E-state index contributed by atoms with van der Waals surface area (Å²) in [6.45, 7) is 5.00. The largest absolute Gasteiger partial charge is 0.356 e. The summed E-state index contributed by atoms with van der Waals surface area (Å²) in [5.74, 6) is 1.77. The molecule has 2 aromatic carbocycles. The topological polar surface area (TPSA) is 41.1 Å². The van der Waals surface area contributed by atoms with E-state index in [1.54, 1.807) is 0 Å². The summed E-state index contributed by atoms with van der Waals surface area (Å²) in [4.78, 5) is 12.0. The van der Waals surface area contributed by atoms with Gasteiger partial charge in [0, 0.05) is 25.0 Å². The summed E-state index contributed by atoms with van der Waals surface area (Å²) in [5, 5.41) is 4.55. The Morgan fingerprint density at radius 1 is 0.920 bits per heavy atom. The van der Waals surface area contributed by atoms with E-state index in [1.807, 2.05) is 6.07 Å². The maximum atomic E-state index is 4.86. The third kappa shape index (κ3) is 3.58. The van der Waals surface area contributed by atoms with Crippen molar-refractivity contribution in [2.24, 2.45) is 0 Å². The Balaban J connectivity index is 1.63. The molecule has 0 aliphatic carbocycles. The van der Waals surface area contributed by atoms with E-state index in [2.05, 4.69) is 59.6 Å². The minimum atomic E-state index is 0.708. The molecule has 2 heterocycles. The number of nitrogens with one attached hydrogen (secondary N) is 1. The number of rotatable bonds is 4. The Labute approximate surface area is 148 Å². The number of anilines is 2. The Bertz CT molecular complexity index is 851. The Kier molecular flexibility index (Phi) is 4.51. The fourth-order valence-corrected chi connectivity index (χ4v) is 3.37. The quantitative estimate of drug-likeness (QED) is 0.761. The molecule has 0 radical (unpaired) electrons. The maximum absolute atomic E-state index is 4.86. The van der Waals surface area contributed by atoms with Crippen molar-refractivity contribution in [1.29, 1.82) is 0 Å². The molecule has 1 saturated heterocycles. The summed E-state index contributed by atoms with van der Waals surface area (Å²) in [6, 6.07) is 16.9. The van der Waals surface area contributed by atoms with Crippen LogP contribution in [0.4, 0.5) is 11.8 Å². The maximum Gasteiger partial charge on any atom is 0.225 e. The van der Waals surface area contributed by atoms with Crippen LogP contribution < -0.4 is 10.2 Å². The second kappa shape index (κ2) is 7.09. The Morgan fingerprint density at radius 2 is 1.68 bits per heavy atom. The van der Waals surface area contributed by atoms with Crippen molar-refractivity contribution < 1.29 is 0 Å². The first-order valence-corrected chi connectivity index (χ1v) is 9.11. The molecule has 128 valence electrons. The zero-order valence-corrected chi connectivity index (χ0v) is 14.7. The number of aryl methyl sites for hydroxylation is 1. The first-order valence-electron chi connectivity index (χ1n) is 9.11. The number of nitrogens with zero attached hydrogens (tertiary/aromatic N) is 3. The number of benzene rings is 2. The standard InChI is InChI=1S/C21H24N4/c1-16-9-11-17(12-10-16)15-22-21-23-19-8-4-3-7-18(19)20(24-21)25-13-5-2-6-14-25/h3-4,7-12H,2,5-6,13-15H2,1H3,(H,22,23,24). The predicted molar refractivity (Wildman–Crippen MR) is 104 cm³/mol. The van der Waals surface area contributed by atoms with Crippen LogP contribution in [0.15, 0.2) is 48.5 Å². The molecule has 1 aromatic heterocycles. The van der Waals surface area contributed by atoms with Crippen molar-refractivity contribution in [3.8, 4) is 0 Å². The lowest BCUT2D eigenvalue weighted by Gasteiger charge is -2.29. The highest BCUT2D eigenvalue weighted by Gasteiger charge is 2.16. The fraction of sp³-hybridized carbons (Fsp3) is 0.333. The lowest BCUT2D eigenvalue weighted by Crippen LogP contribution is -2.30. The molecule has 3 aromatic rings. The van der Waals surface area contributed by atoms with Crippen molar-refractivity contribution in [2.75, 3.05) is 23.3 Å². The third-order valence-electron chi connectivity index (χ3n) is 4.81. The number of hydrogen-bond donors (Lipinski definition) is 1. The van der Waals surface area contributed by atoms with E-state index in [9.17, 15) is 0 Å². The molecular formula is C21H24N4. The Hall–Kier alpha value is -2.62. The van der Waals surface area contributed by atoms with E-state index in [0.717, 1.165) is 36.4 Å². The van der Waals surface area contributed by atoms with Gasteiger partial charge in [-0.25, -0.2) is 4.98 Å². The summed E-state index contributed by atoms with van der Waals surface area (Å²) < 4.78 is 0. The molecular weight excluding hydrogens is 308 g/mol. The van der Waals surface area contributed by atoms with Crippen LogP contribution in [0, 0.1) is 6.92 Å². The number of para-hydroxylation sites is 1. The molecule has 4 nitrogen and oxygen atoms in total. The molecule has 4 rings (SSSR count). The summed E-state index contributed by atoms with van der Waals surface area (Å²) >= 11 is 0. The van der Waals surface area contributed by atoms with E-state index in [-0.39, 0.29) is 0 Å². The zero-order valence-electron chi connectivity index (χ0n) is 14.7. The van der Waals surface area contributed by atoms with Crippen molar-refractivity contribution in [3.05, 3.63) is 59.7 Å². The molecule has 1 aliphatic rings.